The lowest BCUT2D eigenvalue weighted by Crippen LogP contribution is -1.99. The molecule has 0 bridgehead atoms. The minimum atomic E-state index is -0.792. The van der Waals surface area contributed by atoms with Crippen molar-refractivity contribution in [3.05, 3.63) is 88.4 Å². The number of hydrogen-bond acceptors (Lipinski definition) is 2. The third-order valence-corrected chi connectivity index (χ3v) is 4.61. The fourth-order valence-electron chi connectivity index (χ4n) is 2.86. The molecule has 27 heavy (non-hydrogen) atoms. The van der Waals surface area contributed by atoms with Gasteiger partial charge in [-0.2, -0.15) is 0 Å². The van der Waals surface area contributed by atoms with E-state index >= 15 is 0 Å². The molecule has 4 heteroatoms. The minimum Gasteiger partial charge on any atom is -0.489 e. The normalized spacial score (nSPS) is 10.6. The molecule has 0 unspecified atom stereocenters. The van der Waals surface area contributed by atoms with E-state index in [-0.39, 0.29) is 6.42 Å². The van der Waals surface area contributed by atoms with E-state index in [2.05, 4.69) is 31.2 Å². The van der Waals surface area contributed by atoms with Crippen LogP contribution < -0.4 is 4.74 Å². The summed E-state index contributed by atoms with van der Waals surface area (Å²) in [5.41, 5.74) is 5.43. The van der Waals surface area contributed by atoms with Crippen molar-refractivity contribution in [2.24, 2.45) is 0 Å². The third-order valence-electron chi connectivity index (χ3n) is 4.38. The Morgan fingerprint density at radius 2 is 1.70 bits per heavy atom. The highest BCUT2D eigenvalue weighted by Crippen LogP contribution is 2.28. The molecule has 3 aromatic carbocycles. The molecule has 0 spiro atoms. The molecule has 0 amide bonds. The molecular formula is C23H21ClO3. The predicted molar refractivity (Wildman–Crippen MR) is 108 cm³/mol. The Kier molecular flexibility index (Phi) is 6.15. The van der Waals surface area contributed by atoms with Gasteiger partial charge in [-0.1, -0.05) is 59.6 Å². The minimum absolute atomic E-state index is 0.128. The Morgan fingerprint density at radius 1 is 1.00 bits per heavy atom. The van der Waals surface area contributed by atoms with E-state index in [1.807, 2.05) is 42.5 Å². The van der Waals surface area contributed by atoms with Crippen molar-refractivity contribution in [3.8, 4) is 16.9 Å². The van der Waals surface area contributed by atoms with E-state index in [0.29, 0.717) is 18.1 Å². The second-order valence-electron chi connectivity index (χ2n) is 6.49. The summed E-state index contributed by atoms with van der Waals surface area (Å²) in [6, 6.07) is 21.7. The fraction of sp³-hybridized carbons (Fsp3) is 0.174. The molecule has 0 aliphatic rings. The van der Waals surface area contributed by atoms with Crippen LogP contribution in [0, 0.1) is 6.92 Å². The molecule has 3 nitrogen and oxygen atoms in total. The lowest BCUT2D eigenvalue weighted by atomic mass is 9.99. The molecule has 0 radical (unpaired) electrons. The molecule has 0 saturated carbocycles. The van der Waals surface area contributed by atoms with Crippen molar-refractivity contribution in [3.63, 3.8) is 0 Å². The summed E-state index contributed by atoms with van der Waals surface area (Å²) >= 11 is 6.19. The highest BCUT2D eigenvalue weighted by atomic mass is 35.5. The molecule has 0 saturated heterocycles. The van der Waals surface area contributed by atoms with E-state index in [0.717, 1.165) is 28.0 Å². The van der Waals surface area contributed by atoms with Crippen LogP contribution >= 0.6 is 11.6 Å². The highest BCUT2D eigenvalue weighted by molar-refractivity contribution is 6.30. The summed E-state index contributed by atoms with van der Waals surface area (Å²) in [5.74, 6) is -0.0520. The van der Waals surface area contributed by atoms with Gasteiger partial charge in [-0.3, -0.25) is 4.79 Å². The molecule has 138 valence electrons. The predicted octanol–water partition coefficient (Wildman–Crippen LogP) is 5.91. The summed E-state index contributed by atoms with van der Waals surface area (Å²) in [6.07, 6.45) is 0.643. The first-order valence-corrected chi connectivity index (χ1v) is 9.18. The number of benzene rings is 3. The first kappa shape index (κ1) is 19.0. The van der Waals surface area contributed by atoms with Gasteiger partial charge in [0.2, 0.25) is 0 Å². The van der Waals surface area contributed by atoms with Crippen LogP contribution in [0.1, 0.15) is 23.1 Å². The number of aryl methyl sites for hydroxylation is 2. The lowest BCUT2D eigenvalue weighted by molar-refractivity contribution is -0.136. The smallest absolute Gasteiger partial charge is 0.303 e. The molecule has 0 fully saturated rings. The first-order chi connectivity index (χ1) is 13.0. The summed E-state index contributed by atoms with van der Waals surface area (Å²) in [7, 11) is 0. The molecule has 0 atom stereocenters. The van der Waals surface area contributed by atoms with Crippen molar-refractivity contribution in [1.82, 2.24) is 0 Å². The third kappa shape index (κ3) is 5.35. The van der Waals surface area contributed by atoms with Crippen LogP contribution in [-0.4, -0.2) is 11.1 Å². The van der Waals surface area contributed by atoms with Gasteiger partial charge in [0.15, 0.2) is 0 Å². The quantitative estimate of drug-likeness (QED) is 0.554. The zero-order chi connectivity index (χ0) is 19.2. The average molecular weight is 381 g/mol. The summed E-state index contributed by atoms with van der Waals surface area (Å²) < 4.78 is 5.94. The average Bonchev–Trinajstić information content (AvgIpc) is 2.66. The molecule has 0 heterocycles. The number of carboxylic acid groups (broad SMARTS) is 1. The summed E-state index contributed by atoms with van der Waals surface area (Å²) in [4.78, 5) is 10.7. The molecular weight excluding hydrogens is 360 g/mol. The van der Waals surface area contributed by atoms with Crippen LogP contribution in [0.25, 0.3) is 11.1 Å². The SMILES string of the molecule is Cc1ccc(-c2ccc(Cl)cc2COc2ccc(CCC(=O)O)cc2)cc1. The maximum atomic E-state index is 10.7. The first-order valence-electron chi connectivity index (χ1n) is 8.80. The number of rotatable bonds is 7. The maximum absolute atomic E-state index is 10.7. The summed E-state index contributed by atoms with van der Waals surface area (Å²) in [6.45, 7) is 2.47. The monoisotopic (exact) mass is 380 g/mol. The van der Waals surface area contributed by atoms with Crippen LogP contribution in [0.2, 0.25) is 5.02 Å². The van der Waals surface area contributed by atoms with Gasteiger partial charge < -0.3 is 9.84 Å². The Hall–Kier alpha value is -2.78. The molecule has 3 aromatic rings. The van der Waals surface area contributed by atoms with E-state index in [1.165, 1.54) is 5.56 Å². The highest BCUT2D eigenvalue weighted by Gasteiger charge is 2.08. The van der Waals surface area contributed by atoms with Gasteiger partial charge in [0.1, 0.15) is 12.4 Å². The standard InChI is InChI=1S/C23H21ClO3/c1-16-2-7-18(8-3-16)22-12-9-20(24)14-19(22)15-27-21-10-4-17(5-11-21)6-13-23(25)26/h2-5,7-12,14H,6,13,15H2,1H3,(H,25,26). The Balaban J connectivity index is 1.73. The zero-order valence-electron chi connectivity index (χ0n) is 15.1. The second kappa shape index (κ2) is 8.74. The molecule has 3 rings (SSSR count). The summed E-state index contributed by atoms with van der Waals surface area (Å²) in [5, 5.41) is 9.44. The van der Waals surface area contributed by atoms with Crippen LogP contribution in [0.15, 0.2) is 66.7 Å². The number of ether oxygens (including phenoxy) is 1. The van der Waals surface area contributed by atoms with Gasteiger partial charge >= 0.3 is 5.97 Å². The zero-order valence-corrected chi connectivity index (χ0v) is 15.9. The van der Waals surface area contributed by atoms with Crippen LogP contribution in [0.3, 0.4) is 0 Å². The lowest BCUT2D eigenvalue weighted by Gasteiger charge is -2.13. The van der Waals surface area contributed by atoms with Crippen molar-refractivity contribution in [2.45, 2.75) is 26.4 Å². The molecule has 1 N–H and O–H groups in total. The van der Waals surface area contributed by atoms with E-state index < -0.39 is 5.97 Å². The fourth-order valence-corrected chi connectivity index (χ4v) is 3.06. The van der Waals surface area contributed by atoms with E-state index in [4.69, 9.17) is 21.4 Å². The van der Waals surface area contributed by atoms with Crippen LogP contribution in [0.5, 0.6) is 5.75 Å². The second-order valence-corrected chi connectivity index (χ2v) is 6.93. The van der Waals surface area contributed by atoms with Crippen molar-refractivity contribution in [1.29, 1.82) is 0 Å². The number of aliphatic carboxylic acids is 1. The molecule has 0 aromatic heterocycles. The van der Waals surface area contributed by atoms with Crippen LogP contribution in [-0.2, 0) is 17.8 Å². The Labute approximate surface area is 164 Å². The number of carboxylic acids is 1. The largest absolute Gasteiger partial charge is 0.489 e. The Bertz CT molecular complexity index is 915. The van der Waals surface area contributed by atoms with E-state index in [1.54, 1.807) is 0 Å². The number of carbonyl (C=O) groups is 1. The van der Waals surface area contributed by atoms with Crippen molar-refractivity contribution >= 4 is 17.6 Å². The maximum Gasteiger partial charge on any atom is 0.303 e. The van der Waals surface area contributed by atoms with Crippen molar-refractivity contribution in [2.75, 3.05) is 0 Å². The van der Waals surface area contributed by atoms with Crippen molar-refractivity contribution < 1.29 is 14.6 Å². The number of hydrogen-bond donors (Lipinski definition) is 1. The molecule has 0 aliphatic carbocycles. The van der Waals surface area contributed by atoms with Crippen LogP contribution in [0.4, 0.5) is 0 Å². The van der Waals surface area contributed by atoms with Gasteiger partial charge in [0.25, 0.3) is 0 Å². The van der Waals surface area contributed by atoms with E-state index in [9.17, 15) is 4.79 Å². The number of halogens is 1. The van der Waals surface area contributed by atoms with Gasteiger partial charge in [-0.05, 0) is 59.9 Å². The van der Waals surface area contributed by atoms with Gasteiger partial charge in [0, 0.05) is 11.4 Å². The van der Waals surface area contributed by atoms with Gasteiger partial charge in [0.05, 0.1) is 0 Å². The molecule has 0 aliphatic heterocycles. The topological polar surface area (TPSA) is 46.5 Å². The van der Waals surface area contributed by atoms with Gasteiger partial charge in [-0.25, -0.2) is 0 Å². The Morgan fingerprint density at radius 3 is 2.37 bits per heavy atom. The van der Waals surface area contributed by atoms with Gasteiger partial charge in [-0.15, -0.1) is 0 Å².